The Morgan fingerprint density at radius 2 is 1.93 bits per heavy atom. The zero-order valence-electron chi connectivity index (χ0n) is 10.0. The maximum Gasteiger partial charge on any atom is 0.0649 e. The second-order valence-corrected chi connectivity index (χ2v) is 5.77. The predicted molar refractivity (Wildman–Crippen MR) is 62.8 cm³/mol. The molecule has 2 unspecified atom stereocenters. The van der Waals surface area contributed by atoms with E-state index in [0.29, 0.717) is 6.10 Å². The second-order valence-electron chi connectivity index (χ2n) is 5.77. The van der Waals surface area contributed by atoms with Gasteiger partial charge in [0.1, 0.15) is 0 Å². The lowest BCUT2D eigenvalue weighted by Crippen LogP contribution is -2.43. The largest absolute Gasteiger partial charge is 0.376 e. The summed E-state index contributed by atoms with van der Waals surface area (Å²) >= 11 is 0. The van der Waals surface area contributed by atoms with Crippen molar-refractivity contribution in [3.8, 4) is 0 Å². The van der Waals surface area contributed by atoms with Gasteiger partial charge in [-0.1, -0.05) is 32.6 Å². The van der Waals surface area contributed by atoms with E-state index in [1.165, 1.54) is 38.5 Å². The van der Waals surface area contributed by atoms with Crippen molar-refractivity contribution in [1.29, 1.82) is 0 Å². The monoisotopic (exact) mass is 211 g/mol. The van der Waals surface area contributed by atoms with Crippen molar-refractivity contribution in [2.45, 2.75) is 69.9 Å². The molecule has 2 rings (SSSR count). The maximum absolute atomic E-state index is 6.29. The van der Waals surface area contributed by atoms with Gasteiger partial charge >= 0.3 is 0 Å². The van der Waals surface area contributed by atoms with Crippen molar-refractivity contribution in [3.05, 3.63) is 0 Å². The maximum atomic E-state index is 6.29. The molecule has 0 aromatic rings. The van der Waals surface area contributed by atoms with Crippen molar-refractivity contribution < 1.29 is 4.74 Å². The van der Waals surface area contributed by atoms with Gasteiger partial charge in [-0.25, -0.2) is 0 Å². The lowest BCUT2D eigenvalue weighted by Gasteiger charge is -2.31. The summed E-state index contributed by atoms with van der Waals surface area (Å²) in [5.74, 6) is 0.848. The Morgan fingerprint density at radius 1 is 1.20 bits per heavy atom. The van der Waals surface area contributed by atoms with E-state index >= 15 is 0 Å². The minimum atomic E-state index is 0.0146. The molecular weight excluding hydrogens is 186 g/mol. The summed E-state index contributed by atoms with van der Waals surface area (Å²) in [6, 6.07) is 0. The fourth-order valence-electron chi connectivity index (χ4n) is 3.04. The minimum absolute atomic E-state index is 0.0146. The number of rotatable bonds is 3. The molecule has 2 fully saturated rings. The van der Waals surface area contributed by atoms with E-state index in [4.69, 9.17) is 10.5 Å². The Bertz CT molecular complexity index is 199. The molecule has 2 saturated carbocycles. The van der Waals surface area contributed by atoms with Gasteiger partial charge in [-0.3, -0.25) is 0 Å². The SMILES string of the molecule is CC1CCCC(OCC2(N)CCCC2)C1. The molecule has 0 amide bonds. The molecule has 0 heterocycles. The van der Waals surface area contributed by atoms with E-state index in [1.54, 1.807) is 0 Å². The third-order valence-electron chi connectivity index (χ3n) is 4.09. The van der Waals surface area contributed by atoms with Gasteiger partial charge in [0.15, 0.2) is 0 Å². The van der Waals surface area contributed by atoms with E-state index in [9.17, 15) is 0 Å². The molecule has 2 N–H and O–H groups in total. The Hall–Kier alpha value is -0.0800. The molecule has 2 aliphatic carbocycles. The molecule has 0 bridgehead atoms. The van der Waals surface area contributed by atoms with Crippen LogP contribution in [-0.2, 0) is 4.74 Å². The first-order valence-electron chi connectivity index (χ1n) is 6.58. The fourth-order valence-corrected chi connectivity index (χ4v) is 3.04. The van der Waals surface area contributed by atoms with E-state index in [2.05, 4.69) is 6.92 Å². The highest BCUT2D eigenvalue weighted by Gasteiger charge is 2.31. The molecule has 0 spiro atoms. The molecule has 0 aromatic carbocycles. The first kappa shape index (κ1) is 11.4. The van der Waals surface area contributed by atoms with Crippen LogP contribution in [0.5, 0.6) is 0 Å². The highest BCUT2D eigenvalue weighted by atomic mass is 16.5. The zero-order chi connectivity index (χ0) is 10.7. The number of nitrogens with two attached hydrogens (primary N) is 1. The topological polar surface area (TPSA) is 35.2 Å². The summed E-state index contributed by atoms with van der Waals surface area (Å²) < 4.78 is 6.02. The van der Waals surface area contributed by atoms with Gasteiger partial charge in [-0.05, 0) is 31.6 Å². The van der Waals surface area contributed by atoms with Gasteiger partial charge in [-0.15, -0.1) is 0 Å². The predicted octanol–water partition coefficient (Wildman–Crippen LogP) is 2.85. The van der Waals surface area contributed by atoms with Gasteiger partial charge in [0.05, 0.1) is 12.7 Å². The summed E-state index contributed by atoms with van der Waals surface area (Å²) in [7, 11) is 0. The highest BCUT2D eigenvalue weighted by Crippen LogP contribution is 2.30. The third-order valence-corrected chi connectivity index (χ3v) is 4.09. The molecule has 0 radical (unpaired) electrons. The first-order valence-corrected chi connectivity index (χ1v) is 6.58. The summed E-state index contributed by atoms with van der Waals surface area (Å²) in [6.07, 6.45) is 10.6. The van der Waals surface area contributed by atoms with Crippen LogP contribution in [0.2, 0.25) is 0 Å². The molecule has 15 heavy (non-hydrogen) atoms. The summed E-state index contributed by atoms with van der Waals surface area (Å²) in [6.45, 7) is 3.13. The van der Waals surface area contributed by atoms with Crippen LogP contribution < -0.4 is 5.73 Å². The van der Waals surface area contributed by atoms with Crippen LogP contribution in [0.15, 0.2) is 0 Å². The van der Waals surface area contributed by atoms with Crippen LogP contribution in [-0.4, -0.2) is 18.2 Å². The summed E-state index contributed by atoms with van der Waals surface area (Å²) in [5.41, 5.74) is 6.30. The van der Waals surface area contributed by atoms with Gasteiger partial charge in [-0.2, -0.15) is 0 Å². The van der Waals surface area contributed by atoms with Gasteiger partial charge in [0.2, 0.25) is 0 Å². The zero-order valence-corrected chi connectivity index (χ0v) is 10.0. The van der Waals surface area contributed by atoms with Crippen LogP contribution in [0.1, 0.15) is 58.3 Å². The number of hydrogen-bond donors (Lipinski definition) is 1. The molecule has 0 saturated heterocycles. The molecule has 88 valence electrons. The first-order chi connectivity index (χ1) is 7.18. The van der Waals surface area contributed by atoms with Gasteiger partial charge in [0.25, 0.3) is 0 Å². The van der Waals surface area contributed by atoms with E-state index in [0.717, 1.165) is 25.4 Å². The Balaban J connectivity index is 1.72. The van der Waals surface area contributed by atoms with Crippen LogP contribution >= 0.6 is 0 Å². The Morgan fingerprint density at radius 3 is 2.60 bits per heavy atom. The molecule has 2 nitrogen and oxygen atoms in total. The molecule has 0 aliphatic heterocycles. The average Bonchev–Trinajstić information content (AvgIpc) is 2.63. The standard InChI is InChI=1S/C13H25NO/c1-11-5-4-6-12(9-11)15-10-13(14)7-2-3-8-13/h11-12H,2-10,14H2,1H3. The van der Waals surface area contributed by atoms with Crippen LogP contribution in [0.25, 0.3) is 0 Å². The molecule has 0 aromatic heterocycles. The normalized spacial score (nSPS) is 35.6. The Labute approximate surface area is 93.6 Å². The number of ether oxygens (including phenoxy) is 1. The van der Waals surface area contributed by atoms with Gasteiger partial charge < -0.3 is 10.5 Å². The second kappa shape index (κ2) is 4.84. The average molecular weight is 211 g/mol. The van der Waals surface area contributed by atoms with Crippen molar-refractivity contribution in [2.75, 3.05) is 6.61 Å². The van der Waals surface area contributed by atoms with E-state index < -0.39 is 0 Å². The lowest BCUT2D eigenvalue weighted by atomic mass is 9.88. The van der Waals surface area contributed by atoms with Crippen molar-refractivity contribution in [1.82, 2.24) is 0 Å². The van der Waals surface area contributed by atoms with Crippen molar-refractivity contribution in [3.63, 3.8) is 0 Å². The minimum Gasteiger partial charge on any atom is -0.376 e. The van der Waals surface area contributed by atoms with Crippen molar-refractivity contribution >= 4 is 0 Å². The smallest absolute Gasteiger partial charge is 0.0649 e. The Kier molecular flexibility index (Phi) is 3.68. The third kappa shape index (κ3) is 3.18. The number of hydrogen-bond acceptors (Lipinski definition) is 2. The lowest BCUT2D eigenvalue weighted by molar-refractivity contribution is -0.00924. The van der Waals surface area contributed by atoms with E-state index in [-0.39, 0.29) is 5.54 Å². The van der Waals surface area contributed by atoms with Crippen LogP contribution in [0.3, 0.4) is 0 Å². The van der Waals surface area contributed by atoms with Crippen LogP contribution in [0.4, 0.5) is 0 Å². The molecule has 2 atom stereocenters. The highest BCUT2D eigenvalue weighted by molar-refractivity contribution is 4.89. The fraction of sp³-hybridized carbons (Fsp3) is 1.00. The molecule has 2 heteroatoms. The quantitative estimate of drug-likeness (QED) is 0.779. The van der Waals surface area contributed by atoms with Crippen molar-refractivity contribution in [2.24, 2.45) is 11.7 Å². The summed E-state index contributed by atoms with van der Waals surface area (Å²) in [5, 5.41) is 0. The van der Waals surface area contributed by atoms with E-state index in [1.807, 2.05) is 0 Å². The summed E-state index contributed by atoms with van der Waals surface area (Å²) in [4.78, 5) is 0. The molecule has 2 aliphatic rings. The van der Waals surface area contributed by atoms with Gasteiger partial charge in [0, 0.05) is 5.54 Å². The molecular formula is C13H25NO. The van der Waals surface area contributed by atoms with Crippen LogP contribution in [0, 0.1) is 5.92 Å².